The minimum absolute atomic E-state index is 0.489. The van der Waals surface area contributed by atoms with E-state index in [2.05, 4.69) is 20.9 Å². The molecule has 94 valence electrons. The Kier molecular flexibility index (Phi) is 3.99. The van der Waals surface area contributed by atoms with Crippen LogP contribution in [0.1, 0.15) is 24.3 Å². The quantitative estimate of drug-likeness (QED) is 0.932. The first-order valence-corrected chi connectivity index (χ1v) is 6.43. The molecular weight excluding hydrogens is 294 g/mol. The maximum Gasteiger partial charge on any atom is 0.145 e. The molecule has 3 nitrogen and oxygen atoms in total. The Morgan fingerprint density at radius 1 is 1.28 bits per heavy atom. The Morgan fingerprint density at radius 2 is 2.06 bits per heavy atom. The van der Waals surface area contributed by atoms with Crippen LogP contribution in [0, 0.1) is 6.92 Å². The predicted octanol–water partition coefficient (Wildman–Crippen LogP) is 4.00. The molecule has 1 atom stereocenters. The van der Waals surface area contributed by atoms with Crippen molar-refractivity contribution in [2.75, 3.05) is 0 Å². The molecule has 1 heterocycles. The van der Waals surface area contributed by atoms with Gasteiger partial charge < -0.3 is 9.84 Å². The summed E-state index contributed by atoms with van der Waals surface area (Å²) in [5, 5.41) is 9.49. The van der Waals surface area contributed by atoms with Crippen LogP contribution in [-0.4, -0.2) is 10.1 Å². The summed E-state index contributed by atoms with van der Waals surface area (Å²) < 4.78 is 6.51. The molecule has 2 aromatic rings. The number of ether oxygens (including phenoxy) is 1. The Bertz CT molecular complexity index is 538. The van der Waals surface area contributed by atoms with Crippen molar-refractivity contribution in [1.29, 1.82) is 0 Å². The highest BCUT2D eigenvalue weighted by Gasteiger charge is 2.07. The Morgan fingerprint density at radius 3 is 2.61 bits per heavy atom. The average Bonchev–Trinajstić information content (AvgIpc) is 2.34. The number of aliphatic hydroxyl groups excluding tert-OH is 1. The van der Waals surface area contributed by atoms with E-state index < -0.39 is 6.10 Å². The maximum atomic E-state index is 9.49. The number of aliphatic hydroxyl groups is 1. The highest BCUT2D eigenvalue weighted by atomic mass is 79.9. The summed E-state index contributed by atoms with van der Waals surface area (Å²) in [6.45, 7) is 3.66. The van der Waals surface area contributed by atoms with Crippen LogP contribution in [0.5, 0.6) is 11.5 Å². The molecule has 0 fully saturated rings. The lowest BCUT2D eigenvalue weighted by molar-refractivity contribution is 0.199. The van der Waals surface area contributed by atoms with E-state index in [0.717, 1.165) is 15.7 Å². The van der Waals surface area contributed by atoms with Crippen LogP contribution in [0.15, 0.2) is 41.0 Å². The van der Waals surface area contributed by atoms with Gasteiger partial charge in [0.05, 0.1) is 16.8 Å². The van der Waals surface area contributed by atoms with E-state index in [-0.39, 0.29) is 0 Å². The van der Waals surface area contributed by atoms with Crippen molar-refractivity contribution in [3.05, 3.63) is 52.3 Å². The molecule has 0 saturated heterocycles. The maximum absolute atomic E-state index is 9.49. The van der Waals surface area contributed by atoms with E-state index in [9.17, 15) is 5.11 Å². The van der Waals surface area contributed by atoms with Gasteiger partial charge >= 0.3 is 0 Å². The smallest absolute Gasteiger partial charge is 0.145 e. The van der Waals surface area contributed by atoms with Crippen molar-refractivity contribution in [3.8, 4) is 11.5 Å². The summed E-state index contributed by atoms with van der Waals surface area (Å²) >= 11 is 3.43. The van der Waals surface area contributed by atoms with Crippen molar-refractivity contribution in [2.24, 2.45) is 0 Å². The van der Waals surface area contributed by atoms with E-state index in [4.69, 9.17) is 4.74 Å². The minimum atomic E-state index is -0.489. The van der Waals surface area contributed by atoms with Gasteiger partial charge in [-0.3, -0.25) is 4.98 Å². The number of nitrogens with zero attached hydrogens (tertiary/aromatic N) is 1. The molecule has 0 radical (unpaired) electrons. The number of rotatable bonds is 3. The van der Waals surface area contributed by atoms with Crippen molar-refractivity contribution in [1.82, 2.24) is 4.98 Å². The fourth-order valence-electron chi connectivity index (χ4n) is 1.50. The van der Waals surface area contributed by atoms with Crippen LogP contribution in [-0.2, 0) is 0 Å². The number of pyridine rings is 1. The second kappa shape index (κ2) is 5.50. The number of hydrogen-bond acceptors (Lipinski definition) is 3. The summed E-state index contributed by atoms with van der Waals surface area (Å²) in [6.07, 6.45) is 1.20. The van der Waals surface area contributed by atoms with Crippen LogP contribution in [0.4, 0.5) is 0 Å². The van der Waals surface area contributed by atoms with E-state index in [1.165, 1.54) is 0 Å². The number of aryl methyl sites for hydroxylation is 1. The molecule has 4 heteroatoms. The molecule has 0 aliphatic carbocycles. The molecule has 1 aromatic heterocycles. The Hall–Kier alpha value is -1.39. The summed E-state index contributed by atoms with van der Waals surface area (Å²) in [5.41, 5.74) is 1.79. The van der Waals surface area contributed by atoms with Crippen molar-refractivity contribution >= 4 is 15.9 Å². The molecule has 2 rings (SSSR count). The Balaban J connectivity index is 2.22. The number of benzene rings is 1. The van der Waals surface area contributed by atoms with Gasteiger partial charge in [-0.05, 0) is 59.6 Å². The summed E-state index contributed by atoms with van der Waals surface area (Å²) in [6, 6.07) is 9.28. The Labute approximate surface area is 115 Å². The van der Waals surface area contributed by atoms with Crippen LogP contribution in [0.2, 0.25) is 0 Å². The third kappa shape index (κ3) is 3.09. The monoisotopic (exact) mass is 307 g/mol. The van der Waals surface area contributed by atoms with Crippen molar-refractivity contribution in [3.63, 3.8) is 0 Å². The third-order valence-corrected chi connectivity index (χ3v) is 3.17. The van der Waals surface area contributed by atoms with Gasteiger partial charge in [-0.25, -0.2) is 0 Å². The van der Waals surface area contributed by atoms with Crippen LogP contribution >= 0.6 is 15.9 Å². The zero-order valence-corrected chi connectivity index (χ0v) is 11.8. The van der Waals surface area contributed by atoms with Crippen LogP contribution in [0.3, 0.4) is 0 Å². The normalized spacial score (nSPS) is 12.2. The van der Waals surface area contributed by atoms with Gasteiger partial charge in [0.25, 0.3) is 0 Å². The zero-order chi connectivity index (χ0) is 13.1. The summed E-state index contributed by atoms with van der Waals surface area (Å²) in [7, 11) is 0. The minimum Gasteiger partial charge on any atom is -0.455 e. The van der Waals surface area contributed by atoms with E-state index in [0.29, 0.717) is 11.5 Å². The highest BCUT2D eigenvalue weighted by Crippen LogP contribution is 2.31. The van der Waals surface area contributed by atoms with Crippen molar-refractivity contribution < 1.29 is 9.84 Å². The lowest BCUT2D eigenvalue weighted by Crippen LogP contribution is -1.93. The molecule has 0 aliphatic heterocycles. The van der Waals surface area contributed by atoms with Gasteiger partial charge in [0.2, 0.25) is 0 Å². The molecule has 0 spiro atoms. The lowest BCUT2D eigenvalue weighted by Gasteiger charge is -2.10. The first-order valence-electron chi connectivity index (χ1n) is 5.64. The van der Waals surface area contributed by atoms with E-state index in [1.54, 1.807) is 13.1 Å². The van der Waals surface area contributed by atoms with Gasteiger partial charge in [-0.2, -0.15) is 0 Å². The predicted molar refractivity (Wildman–Crippen MR) is 73.8 cm³/mol. The molecule has 18 heavy (non-hydrogen) atoms. The average molecular weight is 308 g/mol. The molecule has 0 bridgehead atoms. The molecule has 1 N–H and O–H groups in total. The van der Waals surface area contributed by atoms with Crippen molar-refractivity contribution in [2.45, 2.75) is 20.0 Å². The van der Waals surface area contributed by atoms with Crippen LogP contribution in [0.25, 0.3) is 0 Å². The standard InChI is InChI=1S/C14H14BrNO2/c1-9-3-5-12(8-16-9)18-14-6-4-11(10(2)17)7-13(14)15/h3-8,10,17H,1-2H3. The SMILES string of the molecule is Cc1ccc(Oc2ccc(C(C)O)cc2Br)cn1. The van der Waals surface area contributed by atoms with Gasteiger partial charge in [-0.15, -0.1) is 0 Å². The fourth-order valence-corrected chi connectivity index (χ4v) is 1.98. The molecular formula is C14H14BrNO2. The third-order valence-electron chi connectivity index (χ3n) is 2.55. The summed E-state index contributed by atoms with van der Waals surface area (Å²) in [4.78, 5) is 4.17. The number of hydrogen-bond donors (Lipinski definition) is 1. The van der Waals surface area contributed by atoms with E-state index in [1.807, 2.05) is 37.3 Å². The van der Waals surface area contributed by atoms with Gasteiger partial charge in [0, 0.05) is 5.69 Å². The molecule has 0 aliphatic rings. The highest BCUT2D eigenvalue weighted by molar-refractivity contribution is 9.10. The summed E-state index contributed by atoms with van der Waals surface area (Å²) in [5.74, 6) is 1.39. The molecule has 1 unspecified atom stereocenters. The second-order valence-electron chi connectivity index (χ2n) is 4.10. The molecule has 0 saturated carbocycles. The first-order chi connectivity index (χ1) is 8.56. The number of halogens is 1. The lowest BCUT2D eigenvalue weighted by atomic mass is 10.1. The number of aromatic nitrogens is 1. The van der Waals surface area contributed by atoms with Crippen LogP contribution < -0.4 is 4.74 Å². The van der Waals surface area contributed by atoms with Gasteiger partial charge in [0.15, 0.2) is 0 Å². The topological polar surface area (TPSA) is 42.4 Å². The van der Waals surface area contributed by atoms with E-state index >= 15 is 0 Å². The first kappa shape index (κ1) is 13.1. The van der Waals surface area contributed by atoms with Gasteiger partial charge in [-0.1, -0.05) is 6.07 Å². The molecule has 1 aromatic carbocycles. The largest absolute Gasteiger partial charge is 0.455 e. The fraction of sp³-hybridized carbons (Fsp3) is 0.214. The zero-order valence-electron chi connectivity index (χ0n) is 10.2. The second-order valence-corrected chi connectivity index (χ2v) is 4.96. The molecule has 0 amide bonds. The van der Waals surface area contributed by atoms with Gasteiger partial charge in [0.1, 0.15) is 11.5 Å².